The molecule has 0 aliphatic rings. The monoisotopic (exact) mass is 409 g/mol. The van der Waals surface area contributed by atoms with Gasteiger partial charge in [-0.15, -0.1) is 0 Å². The zero-order chi connectivity index (χ0) is 21.5. The molecule has 1 N–H and O–H groups in total. The smallest absolute Gasteiger partial charge is 0.270 e. The molecule has 1 amide bonds. The lowest BCUT2D eigenvalue weighted by Crippen LogP contribution is -2.38. The van der Waals surface area contributed by atoms with Crippen LogP contribution in [-0.4, -0.2) is 49.4 Å². The number of hydrogen-bond donors (Lipinski definition) is 1. The molecule has 30 heavy (non-hydrogen) atoms. The third kappa shape index (κ3) is 4.63. The van der Waals surface area contributed by atoms with Gasteiger partial charge in [-0.1, -0.05) is 25.1 Å². The summed E-state index contributed by atoms with van der Waals surface area (Å²) in [5.74, 6) is 1.15. The van der Waals surface area contributed by atoms with Crippen LogP contribution in [0, 0.1) is 0 Å². The number of nitrogens with one attached hydrogen (secondary N) is 1. The molecule has 0 aliphatic carbocycles. The van der Waals surface area contributed by atoms with E-state index in [4.69, 9.17) is 14.2 Å². The van der Waals surface area contributed by atoms with Crippen LogP contribution >= 0.6 is 0 Å². The van der Waals surface area contributed by atoms with Crippen LogP contribution in [0.4, 0.5) is 0 Å². The Morgan fingerprint density at radius 1 is 1.07 bits per heavy atom. The number of ether oxygens (including phenoxy) is 3. The van der Waals surface area contributed by atoms with Crippen molar-refractivity contribution < 1.29 is 19.0 Å². The van der Waals surface area contributed by atoms with Crippen LogP contribution in [0.25, 0.3) is 16.8 Å². The van der Waals surface area contributed by atoms with E-state index in [0.29, 0.717) is 23.8 Å². The molecule has 1 atom stereocenters. The summed E-state index contributed by atoms with van der Waals surface area (Å²) in [6, 6.07) is 13.6. The molecule has 0 saturated heterocycles. The number of rotatable bonds is 9. The standard InChI is InChI=1S/C23H27N3O4/c1-5-18(14-28-2)25-23(27)20-13-24-15-26(20)19-8-6-7-16(11-19)17-9-10-21(29-3)22(12-17)30-4/h6-13,15,18H,5,14H2,1-4H3,(H,25,27). The lowest BCUT2D eigenvalue weighted by Gasteiger charge is -2.17. The van der Waals surface area contributed by atoms with E-state index in [1.807, 2.05) is 49.4 Å². The summed E-state index contributed by atoms with van der Waals surface area (Å²) in [7, 11) is 4.85. The molecule has 1 unspecified atom stereocenters. The van der Waals surface area contributed by atoms with E-state index in [9.17, 15) is 4.79 Å². The summed E-state index contributed by atoms with van der Waals surface area (Å²) in [6.45, 7) is 2.47. The Morgan fingerprint density at radius 2 is 1.83 bits per heavy atom. The number of carbonyl (C=O) groups is 1. The summed E-state index contributed by atoms with van der Waals surface area (Å²) < 4.78 is 17.7. The van der Waals surface area contributed by atoms with Gasteiger partial charge in [-0.2, -0.15) is 0 Å². The fourth-order valence-electron chi connectivity index (χ4n) is 3.24. The van der Waals surface area contributed by atoms with Gasteiger partial charge in [0.25, 0.3) is 5.91 Å². The van der Waals surface area contributed by atoms with Gasteiger partial charge in [0.15, 0.2) is 11.5 Å². The third-order valence-corrected chi connectivity index (χ3v) is 4.91. The van der Waals surface area contributed by atoms with Crippen molar-refractivity contribution in [3.8, 4) is 28.3 Å². The molecule has 1 aromatic heterocycles. The largest absolute Gasteiger partial charge is 0.493 e. The SMILES string of the molecule is CCC(COC)NC(=O)c1cncn1-c1cccc(-c2ccc(OC)c(OC)c2)c1. The van der Waals surface area contributed by atoms with Gasteiger partial charge in [-0.3, -0.25) is 9.36 Å². The second-order valence-electron chi connectivity index (χ2n) is 6.80. The number of benzene rings is 2. The highest BCUT2D eigenvalue weighted by Crippen LogP contribution is 2.33. The van der Waals surface area contributed by atoms with Crippen LogP contribution in [-0.2, 0) is 4.74 Å². The highest BCUT2D eigenvalue weighted by Gasteiger charge is 2.17. The first-order valence-electron chi connectivity index (χ1n) is 9.76. The molecule has 0 bridgehead atoms. The van der Waals surface area contributed by atoms with E-state index in [2.05, 4.69) is 10.3 Å². The zero-order valence-corrected chi connectivity index (χ0v) is 17.7. The normalized spacial score (nSPS) is 11.7. The molecule has 0 fully saturated rings. The van der Waals surface area contributed by atoms with Crippen molar-refractivity contribution in [1.82, 2.24) is 14.9 Å². The van der Waals surface area contributed by atoms with Gasteiger partial charge >= 0.3 is 0 Å². The molecule has 2 aromatic carbocycles. The molecule has 1 heterocycles. The molecule has 3 aromatic rings. The van der Waals surface area contributed by atoms with Gasteiger partial charge in [0.2, 0.25) is 0 Å². The highest BCUT2D eigenvalue weighted by atomic mass is 16.5. The van der Waals surface area contributed by atoms with Crippen molar-refractivity contribution in [3.63, 3.8) is 0 Å². The van der Waals surface area contributed by atoms with E-state index < -0.39 is 0 Å². The lowest BCUT2D eigenvalue weighted by molar-refractivity contribution is 0.0888. The average molecular weight is 409 g/mol. The Balaban J connectivity index is 1.91. The summed E-state index contributed by atoms with van der Waals surface area (Å²) in [5.41, 5.74) is 3.27. The Hall–Kier alpha value is -3.32. The van der Waals surface area contributed by atoms with E-state index >= 15 is 0 Å². The number of nitrogens with zero attached hydrogens (tertiary/aromatic N) is 2. The van der Waals surface area contributed by atoms with E-state index in [1.54, 1.807) is 38.4 Å². The van der Waals surface area contributed by atoms with Crippen molar-refractivity contribution in [2.45, 2.75) is 19.4 Å². The molecule has 7 heteroatoms. The van der Waals surface area contributed by atoms with Crippen LogP contribution in [0.2, 0.25) is 0 Å². The molecule has 0 aliphatic heterocycles. The molecule has 3 rings (SSSR count). The van der Waals surface area contributed by atoms with Crippen molar-refractivity contribution in [3.05, 3.63) is 60.7 Å². The maximum absolute atomic E-state index is 12.8. The first-order valence-corrected chi connectivity index (χ1v) is 9.76. The summed E-state index contributed by atoms with van der Waals surface area (Å²) >= 11 is 0. The first-order chi connectivity index (χ1) is 14.6. The number of aromatic nitrogens is 2. The third-order valence-electron chi connectivity index (χ3n) is 4.91. The maximum atomic E-state index is 12.8. The fourth-order valence-corrected chi connectivity index (χ4v) is 3.24. The fraction of sp³-hybridized carbons (Fsp3) is 0.304. The van der Waals surface area contributed by atoms with Crippen LogP contribution in [0.5, 0.6) is 11.5 Å². The Morgan fingerprint density at radius 3 is 2.53 bits per heavy atom. The minimum absolute atomic E-state index is 0.0519. The second kappa shape index (κ2) is 9.93. The van der Waals surface area contributed by atoms with E-state index in [0.717, 1.165) is 23.2 Å². The van der Waals surface area contributed by atoms with Gasteiger partial charge in [-0.25, -0.2) is 4.98 Å². The Labute approximate surface area is 176 Å². The van der Waals surface area contributed by atoms with Crippen molar-refractivity contribution in [2.24, 2.45) is 0 Å². The number of carbonyl (C=O) groups excluding carboxylic acids is 1. The topological polar surface area (TPSA) is 74.6 Å². The maximum Gasteiger partial charge on any atom is 0.270 e. The summed E-state index contributed by atoms with van der Waals surface area (Å²) in [5, 5.41) is 3.00. The zero-order valence-electron chi connectivity index (χ0n) is 17.7. The lowest BCUT2D eigenvalue weighted by atomic mass is 10.0. The molecular formula is C23H27N3O4. The van der Waals surface area contributed by atoms with Gasteiger partial charge in [-0.05, 0) is 41.8 Å². The quantitative estimate of drug-likeness (QED) is 0.583. The minimum Gasteiger partial charge on any atom is -0.493 e. The summed E-state index contributed by atoms with van der Waals surface area (Å²) in [6.07, 6.45) is 3.99. The van der Waals surface area contributed by atoms with Gasteiger partial charge in [0.1, 0.15) is 5.69 Å². The highest BCUT2D eigenvalue weighted by molar-refractivity contribution is 5.93. The van der Waals surface area contributed by atoms with E-state index in [1.165, 1.54) is 0 Å². The predicted molar refractivity (Wildman–Crippen MR) is 116 cm³/mol. The van der Waals surface area contributed by atoms with E-state index in [-0.39, 0.29) is 11.9 Å². The second-order valence-corrected chi connectivity index (χ2v) is 6.80. The Kier molecular flexibility index (Phi) is 7.08. The van der Waals surface area contributed by atoms with Crippen molar-refractivity contribution >= 4 is 5.91 Å². The van der Waals surface area contributed by atoms with Crippen LogP contribution in [0.1, 0.15) is 23.8 Å². The Bertz CT molecular complexity index is 1000. The molecule has 0 radical (unpaired) electrons. The number of methoxy groups -OCH3 is 3. The average Bonchev–Trinajstić information content (AvgIpc) is 3.28. The van der Waals surface area contributed by atoms with Gasteiger partial charge in [0.05, 0.1) is 39.4 Å². The molecular weight excluding hydrogens is 382 g/mol. The summed E-state index contributed by atoms with van der Waals surface area (Å²) in [4.78, 5) is 17.0. The van der Waals surface area contributed by atoms with Crippen LogP contribution in [0.3, 0.4) is 0 Å². The molecule has 0 saturated carbocycles. The number of amides is 1. The molecule has 7 nitrogen and oxygen atoms in total. The van der Waals surface area contributed by atoms with Crippen LogP contribution in [0.15, 0.2) is 55.0 Å². The number of hydrogen-bond acceptors (Lipinski definition) is 5. The molecule has 0 spiro atoms. The van der Waals surface area contributed by atoms with Gasteiger partial charge in [0, 0.05) is 12.8 Å². The van der Waals surface area contributed by atoms with Crippen LogP contribution < -0.4 is 14.8 Å². The van der Waals surface area contributed by atoms with Gasteiger partial charge < -0.3 is 19.5 Å². The first kappa shape index (κ1) is 21.4. The molecule has 158 valence electrons. The predicted octanol–water partition coefficient (Wildman–Crippen LogP) is 3.71. The number of imidazole rings is 1. The minimum atomic E-state index is -0.187. The van der Waals surface area contributed by atoms with Crippen molar-refractivity contribution in [2.75, 3.05) is 27.9 Å². The van der Waals surface area contributed by atoms with Crippen molar-refractivity contribution in [1.29, 1.82) is 0 Å².